The molecule has 1 aliphatic carbocycles. The molecule has 5 rings (SSSR count). The number of rotatable bonds is 8. The highest BCUT2D eigenvalue weighted by atomic mass is 32.2. The van der Waals surface area contributed by atoms with Crippen LogP contribution in [0, 0.1) is 6.92 Å². The van der Waals surface area contributed by atoms with E-state index in [1.807, 2.05) is 6.92 Å². The van der Waals surface area contributed by atoms with E-state index in [9.17, 15) is 18.0 Å². The molecule has 2 amide bonds. The maximum atomic E-state index is 13.4. The van der Waals surface area contributed by atoms with Gasteiger partial charge in [0.05, 0.1) is 17.4 Å². The van der Waals surface area contributed by atoms with E-state index in [0.717, 1.165) is 65.5 Å². The zero-order valence-corrected chi connectivity index (χ0v) is 23.9. The molecular formula is C31H38N4O4S. The molecule has 0 bridgehead atoms. The van der Waals surface area contributed by atoms with E-state index in [1.54, 1.807) is 12.1 Å². The number of carbonyl (C=O) groups is 2. The van der Waals surface area contributed by atoms with Gasteiger partial charge in [0.2, 0.25) is 11.8 Å². The van der Waals surface area contributed by atoms with Crippen LogP contribution < -0.4 is 10.6 Å². The minimum Gasteiger partial charge on any atom is -0.349 e. The highest BCUT2D eigenvalue weighted by Gasteiger charge is 2.37. The number of hydrogen-bond acceptors (Lipinski definition) is 5. The van der Waals surface area contributed by atoms with E-state index in [-0.39, 0.29) is 23.3 Å². The molecule has 2 aromatic rings. The first-order valence-corrected chi connectivity index (χ1v) is 15.6. The number of benzene rings is 2. The standard InChI is InChI=1S/C31H38N4O4S/c1-22-9-12-26(13-10-22)40(38,39)35-18-15-32-31(37)29(35)20-30(36)33-28-8-6-7-25-19-24(11-14-27(25)28)23(2)21-34-16-4-3-5-17-34/h9-15,18-19,28-29H,2-8,16-17,20-21H2,1H3,(H,32,37)(H,33,36)/t28-,29-/m1/s1. The Morgan fingerprint density at radius 2 is 1.82 bits per heavy atom. The lowest BCUT2D eigenvalue weighted by Gasteiger charge is -2.32. The van der Waals surface area contributed by atoms with Gasteiger partial charge in [-0.05, 0) is 86.5 Å². The second-order valence-electron chi connectivity index (χ2n) is 11.1. The minimum absolute atomic E-state index is 0.0711. The molecule has 0 saturated carbocycles. The molecule has 2 aromatic carbocycles. The molecule has 8 nitrogen and oxygen atoms in total. The van der Waals surface area contributed by atoms with Crippen molar-refractivity contribution in [3.05, 3.63) is 83.7 Å². The van der Waals surface area contributed by atoms with Crippen LogP contribution in [0.1, 0.15) is 66.8 Å². The number of nitrogens with zero attached hydrogens (tertiary/aromatic N) is 2. The first-order chi connectivity index (χ1) is 19.2. The summed E-state index contributed by atoms with van der Waals surface area (Å²) in [4.78, 5) is 28.5. The number of hydrogen-bond donors (Lipinski definition) is 2. The van der Waals surface area contributed by atoms with Gasteiger partial charge in [-0.15, -0.1) is 0 Å². The Morgan fingerprint density at radius 3 is 2.58 bits per heavy atom. The van der Waals surface area contributed by atoms with Gasteiger partial charge >= 0.3 is 0 Å². The van der Waals surface area contributed by atoms with Crippen molar-refractivity contribution in [1.82, 2.24) is 19.8 Å². The van der Waals surface area contributed by atoms with Crippen LogP contribution in [0.15, 0.2) is 66.3 Å². The lowest BCUT2D eigenvalue weighted by Crippen LogP contribution is -2.51. The molecule has 1 fully saturated rings. The molecule has 2 N–H and O–H groups in total. The summed E-state index contributed by atoms with van der Waals surface area (Å²) >= 11 is 0. The van der Waals surface area contributed by atoms with Crippen molar-refractivity contribution >= 4 is 27.4 Å². The van der Waals surface area contributed by atoms with Crippen LogP contribution in [-0.2, 0) is 26.0 Å². The molecule has 0 unspecified atom stereocenters. The fraction of sp³-hybridized carbons (Fsp3) is 0.419. The molecule has 2 aliphatic heterocycles. The molecule has 2 atom stereocenters. The quantitative estimate of drug-likeness (QED) is 0.506. The third kappa shape index (κ3) is 6.15. The fourth-order valence-electron chi connectivity index (χ4n) is 5.86. The van der Waals surface area contributed by atoms with Crippen LogP contribution in [-0.4, -0.2) is 55.1 Å². The second-order valence-corrected chi connectivity index (χ2v) is 12.9. The molecular weight excluding hydrogens is 524 g/mol. The van der Waals surface area contributed by atoms with E-state index >= 15 is 0 Å². The molecule has 3 aliphatic rings. The third-order valence-corrected chi connectivity index (χ3v) is 9.90. The molecule has 0 aromatic heterocycles. The fourth-order valence-corrected chi connectivity index (χ4v) is 7.31. The van der Waals surface area contributed by atoms with Crippen LogP contribution in [0.25, 0.3) is 5.57 Å². The lowest BCUT2D eigenvalue weighted by molar-refractivity contribution is -0.129. The van der Waals surface area contributed by atoms with Gasteiger partial charge in [0.1, 0.15) is 6.04 Å². The van der Waals surface area contributed by atoms with Gasteiger partial charge in [-0.3, -0.25) is 18.8 Å². The molecule has 2 heterocycles. The Kier molecular flexibility index (Phi) is 8.42. The number of fused-ring (bicyclic) bond motifs is 1. The third-order valence-electron chi connectivity index (χ3n) is 8.10. The summed E-state index contributed by atoms with van der Waals surface area (Å²) in [6.45, 7) is 9.34. The van der Waals surface area contributed by atoms with Gasteiger partial charge in [0.25, 0.3) is 10.0 Å². The van der Waals surface area contributed by atoms with E-state index in [0.29, 0.717) is 0 Å². The smallest absolute Gasteiger partial charge is 0.264 e. The maximum absolute atomic E-state index is 13.4. The Labute approximate surface area is 237 Å². The summed E-state index contributed by atoms with van der Waals surface area (Å²) in [7, 11) is -4.02. The summed E-state index contributed by atoms with van der Waals surface area (Å²) in [6.07, 6.45) is 8.76. The van der Waals surface area contributed by atoms with E-state index in [1.165, 1.54) is 49.4 Å². The minimum atomic E-state index is -4.02. The van der Waals surface area contributed by atoms with Crippen molar-refractivity contribution < 1.29 is 18.0 Å². The van der Waals surface area contributed by atoms with Crippen molar-refractivity contribution in [2.24, 2.45) is 0 Å². The van der Waals surface area contributed by atoms with E-state index < -0.39 is 22.0 Å². The van der Waals surface area contributed by atoms with E-state index in [2.05, 4.69) is 40.3 Å². The maximum Gasteiger partial charge on any atom is 0.264 e. The monoisotopic (exact) mass is 562 g/mol. The Bertz CT molecular complexity index is 1410. The molecule has 40 heavy (non-hydrogen) atoms. The SMILES string of the molecule is C=C(CN1CCCCC1)c1ccc2c(c1)CCC[C@H]2NC(=O)C[C@@H]1C(=O)NC=CN1S(=O)(=O)c1ccc(C)cc1. The average Bonchev–Trinajstić information content (AvgIpc) is 2.94. The second kappa shape index (κ2) is 12.0. The topological polar surface area (TPSA) is 98.8 Å². The van der Waals surface area contributed by atoms with Crippen LogP contribution in [0.3, 0.4) is 0 Å². The summed E-state index contributed by atoms with van der Waals surface area (Å²) in [5.74, 6) is -0.898. The van der Waals surface area contributed by atoms with Crippen molar-refractivity contribution in [1.29, 1.82) is 0 Å². The predicted molar refractivity (Wildman–Crippen MR) is 155 cm³/mol. The number of piperidine rings is 1. The van der Waals surface area contributed by atoms with Crippen molar-refractivity contribution in [3.63, 3.8) is 0 Å². The molecule has 1 saturated heterocycles. The highest BCUT2D eigenvalue weighted by molar-refractivity contribution is 7.89. The van der Waals surface area contributed by atoms with Gasteiger partial charge in [-0.2, -0.15) is 0 Å². The molecule has 0 spiro atoms. The highest BCUT2D eigenvalue weighted by Crippen LogP contribution is 2.32. The summed E-state index contributed by atoms with van der Waals surface area (Å²) < 4.78 is 27.7. The summed E-state index contributed by atoms with van der Waals surface area (Å²) in [6, 6.07) is 11.4. The molecule has 0 radical (unpaired) electrons. The van der Waals surface area contributed by atoms with Crippen molar-refractivity contribution in [3.8, 4) is 0 Å². The van der Waals surface area contributed by atoms with Crippen molar-refractivity contribution in [2.45, 2.75) is 68.8 Å². The van der Waals surface area contributed by atoms with Gasteiger partial charge in [0.15, 0.2) is 0 Å². The number of amides is 2. The van der Waals surface area contributed by atoms with Gasteiger partial charge in [-0.1, -0.05) is 48.9 Å². The lowest BCUT2D eigenvalue weighted by atomic mass is 9.85. The summed E-state index contributed by atoms with van der Waals surface area (Å²) in [5, 5.41) is 5.63. The zero-order chi connectivity index (χ0) is 28.3. The number of sulfonamides is 1. The number of nitrogens with one attached hydrogen (secondary N) is 2. The first-order valence-electron chi connectivity index (χ1n) is 14.1. The van der Waals surface area contributed by atoms with Crippen LogP contribution in [0.2, 0.25) is 0 Å². The van der Waals surface area contributed by atoms with Crippen LogP contribution in [0.4, 0.5) is 0 Å². The Morgan fingerprint density at radius 1 is 1.07 bits per heavy atom. The summed E-state index contributed by atoms with van der Waals surface area (Å²) in [5.41, 5.74) is 5.45. The van der Waals surface area contributed by atoms with Crippen LogP contribution >= 0.6 is 0 Å². The normalized spacial score (nSPS) is 21.4. The van der Waals surface area contributed by atoms with Gasteiger partial charge < -0.3 is 10.6 Å². The zero-order valence-electron chi connectivity index (χ0n) is 23.1. The van der Waals surface area contributed by atoms with Gasteiger partial charge in [-0.25, -0.2) is 8.42 Å². The van der Waals surface area contributed by atoms with Crippen molar-refractivity contribution in [2.75, 3.05) is 19.6 Å². The molecule has 212 valence electrons. The predicted octanol–water partition coefficient (Wildman–Crippen LogP) is 4.04. The van der Waals surface area contributed by atoms with Crippen LogP contribution in [0.5, 0.6) is 0 Å². The average molecular weight is 563 g/mol. The van der Waals surface area contributed by atoms with E-state index in [4.69, 9.17) is 0 Å². The Hall–Kier alpha value is -3.43. The van der Waals surface area contributed by atoms with Gasteiger partial charge in [0, 0.05) is 18.9 Å². The first kappa shape index (κ1) is 28.1. The number of likely N-dealkylation sites (tertiary alicyclic amines) is 1. The number of carbonyl (C=O) groups excluding carboxylic acids is 2. The number of aryl methyl sites for hydroxylation is 2. The molecule has 9 heteroatoms. The largest absolute Gasteiger partial charge is 0.349 e. The Balaban J connectivity index is 1.27.